The van der Waals surface area contributed by atoms with Crippen molar-refractivity contribution in [2.45, 2.75) is 39.2 Å². The molecule has 0 amide bonds. The van der Waals surface area contributed by atoms with Gasteiger partial charge in [-0.3, -0.25) is 0 Å². The smallest absolute Gasteiger partial charge is 0.127 e. The van der Waals surface area contributed by atoms with E-state index in [9.17, 15) is 4.39 Å². The Morgan fingerprint density at radius 3 is 2.31 bits per heavy atom. The molecule has 0 bridgehead atoms. The minimum Gasteiger partial charge on any atom is -0.313 e. The van der Waals surface area contributed by atoms with Gasteiger partial charge in [-0.1, -0.05) is 44.9 Å². The van der Waals surface area contributed by atoms with Gasteiger partial charge in [0.15, 0.2) is 0 Å². The zero-order valence-corrected chi connectivity index (χ0v) is 10.5. The predicted molar refractivity (Wildman–Crippen MR) is 66.9 cm³/mol. The summed E-state index contributed by atoms with van der Waals surface area (Å²) < 4.78 is 13.6. The Morgan fingerprint density at radius 1 is 1.19 bits per heavy atom. The minimum absolute atomic E-state index is 0.104. The highest BCUT2D eigenvalue weighted by molar-refractivity contribution is 5.21. The third-order valence-electron chi connectivity index (χ3n) is 3.35. The molecule has 1 nitrogen and oxygen atoms in total. The Morgan fingerprint density at radius 2 is 1.81 bits per heavy atom. The zero-order valence-electron chi connectivity index (χ0n) is 10.5. The maximum Gasteiger partial charge on any atom is 0.127 e. The third kappa shape index (κ3) is 3.31. The summed E-state index contributed by atoms with van der Waals surface area (Å²) >= 11 is 0. The predicted octanol–water partition coefficient (Wildman–Crippen LogP) is 3.91. The van der Waals surface area contributed by atoms with Gasteiger partial charge in [-0.25, -0.2) is 4.39 Å². The molecule has 1 aromatic rings. The maximum absolute atomic E-state index is 13.6. The number of hydrogen-bond donors (Lipinski definition) is 1. The Balaban J connectivity index is 2.78. The molecule has 16 heavy (non-hydrogen) atoms. The topological polar surface area (TPSA) is 12.0 Å². The number of benzene rings is 1. The molecule has 0 saturated carbocycles. The number of halogens is 1. The second-order valence-electron chi connectivity index (χ2n) is 4.28. The molecule has 1 aromatic carbocycles. The van der Waals surface area contributed by atoms with Gasteiger partial charge in [0.1, 0.15) is 5.82 Å². The van der Waals surface area contributed by atoms with Crippen LogP contribution in [-0.2, 0) is 0 Å². The molecule has 1 N–H and O–H groups in total. The molecule has 0 aliphatic rings. The Labute approximate surface area is 98.1 Å². The third-order valence-corrected chi connectivity index (χ3v) is 3.35. The van der Waals surface area contributed by atoms with Crippen LogP contribution in [0, 0.1) is 11.7 Å². The average molecular weight is 223 g/mol. The number of hydrogen-bond acceptors (Lipinski definition) is 1. The molecule has 1 atom stereocenters. The van der Waals surface area contributed by atoms with Gasteiger partial charge in [0.2, 0.25) is 0 Å². The Kier molecular flexibility index (Phi) is 5.47. The summed E-state index contributed by atoms with van der Waals surface area (Å²) in [6, 6.07) is 7.18. The molecule has 0 aromatic heterocycles. The van der Waals surface area contributed by atoms with Gasteiger partial charge in [-0.15, -0.1) is 0 Å². The van der Waals surface area contributed by atoms with Crippen molar-refractivity contribution in [3.8, 4) is 0 Å². The van der Waals surface area contributed by atoms with Crippen molar-refractivity contribution in [3.63, 3.8) is 0 Å². The highest BCUT2D eigenvalue weighted by atomic mass is 19.1. The van der Waals surface area contributed by atoms with E-state index in [0.29, 0.717) is 5.92 Å². The lowest BCUT2D eigenvalue weighted by atomic mass is 9.91. The van der Waals surface area contributed by atoms with E-state index in [4.69, 9.17) is 0 Å². The lowest BCUT2D eigenvalue weighted by molar-refractivity contribution is 0.378. The molecule has 0 aliphatic heterocycles. The van der Waals surface area contributed by atoms with Crippen LogP contribution in [0.25, 0.3) is 0 Å². The molecule has 0 saturated heterocycles. The first-order valence-corrected chi connectivity index (χ1v) is 6.14. The standard InChI is InChI=1S/C14H22FN/c1-4-11(5-2)10-14(16-3)12-8-6-7-9-13(12)15/h6-9,11,14,16H,4-5,10H2,1-3H3. The van der Waals surface area contributed by atoms with Crippen molar-refractivity contribution >= 4 is 0 Å². The molecule has 0 radical (unpaired) electrons. The molecular weight excluding hydrogens is 201 g/mol. The lowest BCUT2D eigenvalue weighted by Gasteiger charge is -2.22. The van der Waals surface area contributed by atoms with Gasteiger partial charge >= 0.3 is 0 Å². The van der Waals surface area contributed by atoms with Crippen molar-refractivity contribution < 1.29 is 4.39 Å². The summed E-state index contributed by atoms with van der Waals surface area (Å²) in [6.07, 6.45) is 3.32. The van der Waals surface area contributed by atoms with Gasteiger partial charge in [0.05, 0.1) is 0 Å². The van der Waals surface area contributed by atoms with Crippen LogP contribution >= 0.6 is 0 Å². The molecule has 0 heterocycles. The van der Waals surface area contributed by atoms with Crippen LogP contribution in [0.3, 0.4) is 0 Å². The molecular formula is C14H22FN. The highest BCUT2D eigenvalue weighted by Gasteiger charge is 2.17. The fourth-order valence-electron chi connectivity index (χ4n) is 2.11. The van der Waals surface area contributed by atoms with E-state index in [1.165, 1.54) is 6.07 Å². The largest absolute Gasteiger partial charge is 0.313 e. The van der Waals surface area contributed by atoms with E-state index in [1.807, 2.05) is 19.2 Å². The second-order valence-corrected chi connectivity index (χ2v) is 4.28. The molecule has 2 heteroatoms. The summed E-state index contributed by atoms with van der Waals surface area (Å²) in [5, 5.41) is 3.22. The first kappa shape index (κ1) is 13.2. The SMILES string of the molecule is CCC(CC)CC(NC)c1ccccc1F. The average Bonchev–Trinajstić information content (AvgIpc) is 2.32. The van der Waals surface area contributed by atoms with Gasteiger partial charge in [-0.2, -0.15) is 0 Å². The molecule has 90 valence electrons. The van der Waals surface area contributed by atoms with Crippen LogP contribution in [0.2, 0.25) is 0 Å². The van der Waals surface area contributed by atoms with Crippen molar-refractivity contribution in [1.29, 1.82) is 0 Å². The van der Waals surface area contributed by atoms with E-state index in [1.54, 1.807) is 6.07 Å². The molecule has 1 rings (SSSR count). The minimum atomic E-state index is -0.104. The number of rotatable bonds is 6. The van der Waals surface area contributed by atoms with E-state index < -0.39 is 0 Å². The van der Waals surface area contributed by atoms with Crippen molar-refractivity contribution in [1.82, 2.24) is 5.32 Å². The van der Waals surface area contributed by atoms with Crippen molar-refractivity contribution in [2.24, 2.45) is 5.92 Å². The van der Waals surface area contributed by atoms with E-state index in [-0.39, 0.29) is 11.9 Å². The summed E-state index contributed by atoms with van der Waals surface area (Å²) in [4.78, 5) is 0. The first-order chi connectivity index (χ1) is 7.72. The first-order valence-electron chi connectivity index (χ1n) is 6.14. The highest BCUT2D eigenvalue weighted by Crippen LogP contribution is 2.26. The summed E-state index contributed by atoms with van der Waals surface area (Å²) in [5.74, 6) is 0.560. The molecule has 0 spiro atoms. The van der Waals surface area contributed by atoms with Gasteiger partial charge < -0.3 is 5.32 Å². The van der Waals surface area contributed by atoms with Gasteiger partial charge in [0, 0.05) is 11.6 Å². The summed E-state index contributed by atoms with van der Waals surface area (Å²) in [5.41, 5.74) is 0.789. The Bertz CT molecular complexity index is 307. The fraction of sp³-hybridized carbons (Fsp3) is 0.571. The van der Waals surface area contributed by atoms with Crippen molar-refractivity contribution in [2.75, 3.05) is 7.05 Å². The molecule has 0 aliphatic carbocycles. The van der Waals surface area contributed by atoms with Gasteiger partial charge in [0.25, 0.3) is 0 Å². The summed E-state index contributed by atoms with van der Waals surface area (Å²) in [6.45, 7) is 4.39. The quantitative estimate of drug-likeness (QED) is 0.771. The van der Waals surface area contributed by atoms with Crippen LogP contribution in [0.5, 0.6) is 0 Å². The monoisotopic (exact) mass is 223 g/mol. The van der Waals surface area contributed by atoms with Crippen molar-refractivity contribution in [3.05, 3.63) is 35.6 Å². The van der Waals surface area contributed by atoms with Gasteiger partial charge in [-0.05, 0) is 25.5 Å². The zero-order chi connectivity index (χ0) is 12.0. The fourth-order valence-corrected chi connectivity index (χ4v) is 2.11. The Hall–Kier alpha value is -0.890. The molecule has 0 fully saturated rings. The van der Waals surface area contributed by atoms with E-state index in [2.05, 4.69) is 19.2 Å². The lowest BCUT2D eigenvalue weighted by Crippen LogP contribution is -2.20. The van der Waals surface area contributed by atoms with Crippen LogP contribution < -0.4 is 5.32 Å². The van der Waals surface area contributed by atoms with Crippen LogP contribution in [0.15, 0.2) is 24.3 Å². The second kappa shape index (κ2) is 6.64. The summed E-state index contributed by atoms with van der Waals surface area (Å²) in [7, 11) is 1.90. The van der Waals surface area contributed by atoms with E-state index in [0.717, 1.165) is 24.8 Å². The number of nitrogens with one attached hydrogen (secondary N) is 1. The van der Waals surface area contributed by atoms with Crippen LogP contribution in [0.1, 0.15) is 44.7 Å². The van der Waals surface area contributed by atoms with Crippen LogP contribution in [0.4, 0.5) is 4.39 Å². The van der Waals surface area contributed by atoms with E-state index >= 15 is 0 Å². The normalized spacial score (nSPS) is 13.1. The van der Waals surface area contributed by atoms with Crippen LogP contribution in [-0.4, -0.2) is 7.05 Å². The molecule has 1 unspecified atom stereocenters. The maximum atomic E-state index is 13.6.